The van der Waals surface area contributed by atoms with E-state index in [0.717, 1.165) is 0 Å². The lowest BCUT2D eigenvalue weighted by molar-refractivity contribution is -0.185. The second-order valence-electron chi connectivity index (χ2n) is 6.91. The Balaban J connectivity index is 0.000000749. The van der Waals surface area contributed by atoms with Crippen molar-refractivity contribution in [3.8, 4) is 5.75 Å². The minimum absolute atomic E-state index is 0.0347. The Morgan fingerprint density at radius 1 is 1.00 bits per heavy atom. The number of pyridine rings is 1. The maximum Gasteiger partial charge on any atom is 0.413 e. The van der Waals surface area contributed by atoms with Crippen LogP contribution in [0.4, 0.5) is 15.4 Å². The highest BCUT2D eigenvalue weighted by atomic mass is 16.7. The molecule has 160 valence electrons. The maximum atomic E-state index is 11.7. The van der Waals surface area contributed by atoms with Crippen molar-refractivity contribution in [3.63, 3.8) is 0 Å². The molecule has 28 heavy (non-hydrogen) atoms. The summed E-state index contributed by atoms with van der Waals surface area (Å²) in [4.78, 5) is 31.4. The number of nitrogen functional groups attached to an aromatic ring is 1. The van der Waals surface area contributed by atoms with Crippen LogP contribution in [0.5, 0.6) is 5.75 Å². The van der Waals surface area contributed by atoms with Crippen LogP contribution in [0.3, 0.4) is 0 Å². The first-order valence-electron chi connectivity index (χ1n) is 8.81. The lowest BCUT2D eigenvalue weighted by Gasteiger charge is -2.36. The Kier molecular flexibility index (Phi) is 10.7. The minimum Gasteiger partial charge on any atom is -0.504 e. The first kappa shape index (κ1) is 25.2. The molecule has 0 unspecified atom stereocenters. The Bertz CT molecular complexity index is 571. The van der Waals surface area contributed by atoms with E-state index in [4.69, 9.17) is 20.3 Å². The number of rotatable bonds is 5. The van der Waals surface area contributed by atoms with Crippen LogP contribution in [0.2, 0.25) is 0 Å². The van der Waals surface area contributed by atoms with E-state index in [2.05, 4.69) is 4.98 Å². The lowest BCUT2D eigenvalue weighted by Crippen LogP contribution is -2.51. The van der Waals surface area contributed by atoms with Crippen LogP contribution in [0.1, 0.15) is 27.7 Å². The van der Waals surface area contributed by atoms with E-state index in [0.29, 0.717) is 0 Å². The molecule has 0 bridgehead atoms. The highest BCUT2D eigenvalue weighted by molar-refractivity contribution is 5.68. The van der Waals surface area contributed by atoms with Crippen LogP contribution in [0.25, 0.3) is 0 Å². The van der Waals surface area contributed by atoms with E-state index in [1.807, 2.05) is 32.6 Å². The Labute approximate surface area is 166 Å². The fourth-order valence-corrected chi connectivity index (χ4v) is 2.02. The fraction of sp³-hybridized carbons (Fsp3) is 0.611. The van der Waals surface area contributed by atoms with Crippen LogP contribution in [0, 0.1) is 0 Å². The Morgan fingerprint density at radius 3 is 1.68 bits per heavy atom. The summed E-state index contributed by atoms with van der Waals surface area (Å²) in [6.45, 7) is 7.78. The highest BCUT2D eigenvalue weighted by Gasteiger charge is 2.31. The molecule has 0 fully saturated rings. The second-order valence-corrected chi connectivity index (χ2v) is 6.91. The van der Waals surface area contributed by atoms with Gasteiger partial charge in [0.1, 0.15) is 0 Å². The van der Waals surface area contributed by atoms with E-state index in [9.17, 15) is 9.59 Å². The van der Waals surface area contributed by atoms with Gasteiger partial charge in [0.15, 0.2) is 11.6 Å². The number of carbonyl (C=O) groups is 2. The number of nitrogens with zero attached hydrogens (tertiary/aromatic N) is 4. The molecule has 2 amide bonds. The van der Waals surface area contributed by atoms with Crippen LogP contribution >= 0.6 is 0 Å². The van der Waals surface area contributed by atoms with Gasteiger partial charge in [-0.2, -0.15) is 0 Å². The number of aromatic nitrogens is 1. The van der Waals surface area contributed by atoms with Gasteiger partial charge >= 0.3 is 18.6 Å². The summed E-state index contributed by atoms with van der Waals surface area (Å²) in [6.07, 6.45) is -0.657. The maximum absolute atomic E-state index is 11.7. The summed E-state index contributed by atoms with van der Waals surface area (Å²) >= 11 is 0. The number of aromatic hydroxyl groups is 1. The van der Waals surface area contributed by atoms with Crippen molar-refractivity contribution in [2.45, 2.75) is 46.2 Å². The molecule has 10 heteroatoms. The monoisotopic (exact) mass is 399 g/mol. The first-order valence-corrected chi connectivity index (χ1v) is 8.81. The van der Waals surface area contributed by atoms with E-state index in [1.54, 1.807) is 34.3 Å². The molecule has 1 rings (SSSR count). The number of hydrogen-bond donors (Lipinski definition) is 2. The zero-order valence-corrected chi connectivity index (χ0v) is 17.9. The molecule has 0 aliphatic rings. The molecule has 1 aromatic heterocycles. The summed E-state index contributed by atoms with van der Waals surface area (Å²) in [6, 6.07) is 3.20. The topological polar surface area (TPSA) is 121 Å². The summed E-state index contributed by atoms with van der Waals surface area (Å²) in [7, 11) is 6.29. The van der Waals surface area contributed by atoms with Gasteiger partial charge in [-0.1, -0.05) is 0 Å². The molecule has 10 nitrogen and oxygen atoms in total. The minimum atomic E-state index is -1.06. The first-order chi connectivity index (χ1) is 12.9. The predicted molar refractivity (Wildman–Crippen MR) is 107 cm³/mol. The fourth-order valence-electron chi connectivity index (χ4n) is 2.02. The predicted octanol–water partition coefficient (Wildman–Crippen LogP) is 2.15. The number of ether oxygens (including phenoxy) is 2. The van der Waals surface area contributed by atoms with Gasteiger partial charge in [-0.15, -0.1) is 0 Å². The molecule has 0 spiro atoms. The van der Waals surface area contributed by atoms with Crippen molar-refractivity contribution < 1.29 is 24.2 Å². The average Bonchev–Trinajstić information content (AvgIpc) is 2.57. The van der Waals surface area contributed by atoms with Crippen molar-refractivity contribution in [2.75, 3.05) is 33.9 Å². The van der Waals surface area contributed by atoms with Gasteiger partial charge in [-0.25, -0.2) is 19.5 Å². The van der Waals surface area contributed by atoms with Gasteiger partial charge < -0.3 is 30.1 Å². The van der Waals surface area contributed by atoms with Crippen molar-refractivity contribution >= 4 is 18.0 Å². The summed E-state index contributed by atoms with van der Waals surface area (Å²) in [5.74, 6) is 0.208. The van der Waals surface area contributed by atoms with Gasteiger partial charge in [0.05, 0.1) is 0 Å². The number of carbonyl (C=O) groups excluding carboxylic acids is 2. The largest absolute Gasteiger partial charge is 0.504 e. The molecule has 1 aromatic rings. The van der Waals surface area contributed by atoms with Crippen LogP contribution in [-0.2, 0) is 9.47 Å². The Morgan fingerprint density at radius 2 is 1.43 bits per heavy atom. The van der Waals surface area contributed by atoms with Crippen LogP contribution in [-0.4, -0.2) is 83.7 Å². The number of hydrogen-bond acceptors (Lipinski definition) is 8. The molecule has 1 heterocycles. The van der Waals surface area contributed by atoms with Crippen molar-refractivity contribution in [1.82, 2.24) is 19.7 Å². The molecule has 3 N–H and O–H groups in total. The van der Waals surface area contributed by atoms with E-state index in [1.165, 1.54) is 22.1 Å². The normalized spacial score (nSPS) is 10.6. The zero-order valence-electron chi connectivity index (χ0n) is 17.9. The standard InChI is InChI=1S/C13H27N3O4.C5H6N2O/c1-9(2)16(10(3)4)13(19-11(17)14(5)6)20-12(18)15(7)8;6-5-4(8)2-1-3-7-5/h9-10,13H,1-8H3;1-3,8H,(H2,6,7). The van der Waals surface area contributed by atoms with Gasteiger partial charge in [-0.05, 0) is 39.8 Å². The average molecular weight is 399 g/mol. The molecular weight excluding hydrogens is 366 g/mol. The molecular formula is C18H33N5O5. The molecule has 0 saturated carbocycles. The highest BCUT2D eigenvalue weighted by Crippen LogP contribution is 2.15. The van der Waals surface area contributed by atoms with Crippen molar-refractivity contribution in [1.29, 1.82) is 0 Å². The molecule has 0 aliphatic heterocycles. The van der Waals surface area contributed by atoms with Crippen molar-refractivity contribution in [3.05, 3.63) is 18.3 Å². The SMILES string of the molecule is CC(C)N(C(C)C)C(OC(=O)N(C)C)OC(=O)N(C)C.Nc1ncccc1O. The van der Waals surface area contributed by atoms with Crippen molar-refractivity contribution in [2.24, 2.45) is 0 Å². The Hall–Kier alpha value is -2.75. The number of amides is 2. The molecule has 0 atom stereocenters. The third-order valence-corrected chi connectivity index (χ3v) is 3.39. The molecule has 0 aromatic carbocycles. The zero-order chi connectivity index (χ0) is 22.0. The van der Waals surface area contributed by atoms with Crippen LogP contribution < -0.4 is 5.73 Å². The summed E-state index contributed by atoms with van der Waals surface area (Å²) < 4.78 is 10.5. The van der Waals surface area contributed by atoms with E-state index < -0.39 is 18.6 Å². The van der Waals surface area contributed by atoms with E-state index >= 15 is 0 Å². The molecule has 0 radical (unpaired) electrons. The summed E-state index contributed by atoms with van der Waals surface area (Å²) in [5, 5.41) is 8.73. The van der Waals surface area contributed by atoms with Gasteiger partial charge in [0.25, 0.3) is 0 Å². The molecule has 0 aliphatic carbocycles. The lowest BCUT2D eigenvalue weighted by atomic mass is 10.2. The van der Waals surface area contributed by atoms with Gasteiger partial charge in [0, 0.05) is 46.5 Å². The summed E-state index contributed by atoms with van der Waals surface area (Å²) in [5.41, 5.74) is 5.16. The second kappa shape index (κ2) is 11.9. The van der Waals surface area contributed by atoms with E-state index in [-0.39, 0.29) is 23.7 Å². The molecule has 0 saturated heterocycles. The third kappa shape index (κ3) is 8.76. The van der Waals surface area contributed by atoms with Crippen LogP contribution in [0.15, 0.2) is 18.3 Å². The third-order valence-electron chi connectivity index (χ3n) is 3.39. The number of anilines is 1. The smallest absolute Gasteiger partial charge is 0.413 e. The van der Waals surface area contributed by atoms with Gasteiger partial charge in [-0.3, -0.25) is 0 Å². The van der Waals surface area contributed by atoms with Gasteiger partial charge in [0.2, 0.25) is 0 Å². The number of nitrogens with two attached hydrogens (primary N) is 1. The quantitative estimate of drug-likeness (QED) is 0.723.